The summed E-state index contributed by atoms with van der Waals surface area (Å²) in [5.74, 6) is 0.941. The van der Waals surface area contributed by atoms with Gasteiger partial charge in [-0.15, -0.1) is 0 Å². The molecule has 3 rings (SSSR count). The molecule has 0 spiro atoms. The standard InChI is InChI=1S/C20H23N7O2/c1-4-21-20-23-14(3)9-17(26-20)24-15-5-7-16(8-6-15)25-18(28)11-27-12-22-13(2)10-19(27)29/h5-10,12H,4,11H2,1-3H3,(H,25,28)(H2,21,23,24,26). The average molecular weight is 393 g/mol. The third-order valence-electron chi connectivity index (χ3n) is 3.96. The lowest BCUT2D eigenvalue weighted by molar-refractivity contribution is -0.116. The molecule has 150 valence electrons. The van der Waals surface area contributed by atoms with Crippen LogP contribution in [0.5, 0.6) is 0 Å². The van der Waals surface area contributed by atoms with E-state index in [4.69, 9.17) is 0 Å². The number of hydrogen-bond donors (Lipinski definition) is 3. The van der Waals surface area contributed by atoms with E-state index in [-0.39, 0.29) is 18.0 Å². The van der Waals surface area contributed by atoms with Gasteiger partial charge in [-0.2, -0.15) is 4.98 Å². The van der Waals surface area contributed by atoms with Gasteiger partial charge in [0.15, 0.2) is 0 Å². The van der Waals surface area contributed by atoms with Crippen LogP contribution < -0.4 is 21.5 Å². The van der Waals surface area contributed by atoms with Gasteiger partial charge in [0.2, 0.25) is 11.9 Å². The van der Waals surface area contributed by atoms with Gasteiger partial charge in [0.05, 0.1) is 6.33 Å². The van der Waals surface area contributed by atoms with Gasteiger partial charge in [0.1, 0.15) is 12.4 Å². The van der Waals surface area contributed by atoms with Crippen LogP contribution >= 0.6 is 0 Å². The monoisotopic (exact) mass is 393 g/mol. The molecule has 0 aliphatic heterocycles. The first-order chi connectivity index (χ1) is 13.9. The second-order valence-electron chi connectivity index (χ2n) is 6.50. The molecule has 0 unspecified atom stereocenters. The van der Waals surface area contributed by atoms with Gasteiger partial charge >= 0.3 is 0 Å². The molecular weight excluding hydrogens is 370 g/mol. The first kappa shape index (κ1) is 20.0. The van der Waals surface area contributed by atoms with E-state index in [0.717, 1.165) is 17.9 Å². The summed E-state index contributed by atoms with van der Waals surface area (Å²) in [6.07, 6.45) is 1.37. The van der Waals surface area contributed by atoms with E-state index >= 15 is 0 Å². The lowest BCUT2D eigenvalue weighted by Crippen LogP contribution is -2.27. The smallest absolute Gasteiger partial charge is 0.253 e. The maximum Gasteiger partial charge on any atom is 0.253 e. The van der Waals surface area contributed by atoms with Crippen LogP contribution in [0.2, 0.25) is 0 Å². The minimum Gasteiger partial charge on any atom is -0.354 e. The molecule has 9 heteroatoms. The van der Waals surface area contributed by atoms with Crippen LogP contribution in [0.4, 0.5) is 23.1 Å². The zero-order chi connectivity index (χ0) is 20.8. The largest absolute Gasteiger partial charge is 0.354 e. The Morgan fingerprint density at radius 2 is 1.76 bits per heavy atom. The Labute approximate surface area is 168 Å². The maximum absolute atomic E-state index is 12.2. The number of hydrogen-bond acceptors (Lipinski definition) is 7. The highest BCUT2D eigenvalue weighted by Crippen LogP contribution is 2.19. The molecule has 0 atom stereocenters. The molecule has 0 aliphatic carbocycles. The molecule has 0 radical (unpaired) electrons. The molecule has 29 heavy (non-hydrogen) atoms. The molecule has 0 saturated heterocycles. The number of rotatable bonds is 7. The number of carbonyl (C=O) groups excluding carboxylic acids is 1. The Kier molecular flexibility index (Phi) is 6.18. The van der Waals surface area contributed by atoms with Gasteiger partial charge in [0.25, 0.3) is 5.56 Å². The second kappa shape index (κ2) is 8.96. The number of anilines is 4. The Morgan fingerprint density at radius 1 is 1.03 bits per heavy atom. The molecule has 0 fully saturated rings. The minimum absolute atomic E-state index is 0.0977. The van der Waals surface area contributed by atoms with Crippen LogP contribution in [0.15, 0.2) is 47.5 Å². The lowest BCUT2D eigenvalue weighted by atomic mass is 10.2. The molecule has 1 amide bonds. The van der Waals surface area contributed by atoms with Gasteiger partial charge in [-0.1, -0.05) is 0 Å². The molecular formula is C20H23N7O2. The van der Waals surface area contributed by atoms with Crippen LogP contribution in [-0.2, 0) is 11.3 Å². The Bertz CT molecular complexity index is 1060. The van der Waals surface area contributed by atoms with Crippen LogP contribution in [-0.4, -0.2) is 32.0 Å². The van der Waals surface area contributed by atoms with Crippen molar-refractivity contribution in [2.75, 3.05) is 22.5 Å². The first-order valence-corrected chi connectivity index (χ1v) is 9.22. The Balaban J connectivity index is 1.63. The van der Waals surface area contributed by atoms with E-state index < -0.39 is 0 Å². The molecule has 2 heterocycles. The Hall–Kier alpha value is -3.75. The first-order valence-electron chi connectivity index (χ1n) is 9.22. The van der Waals surface area contributed by atoms with Gasteiger partial charge < -0.3 is 16.0 Å². The summed E-state index contributed by atoms with van der Waals surface area (Å²) in [6, 6.07) is 10.5. The predicted molar refractivity (Wildman–Crippen MR) is 113 cm³/mol. The highest BCUT2D eigenvalue weighted by molar-refractivity contribution is 5.90. The van der Waals surface area contributed by atoms with Crippen molar-refractivity contribution in [3.05, 3.63) is 64.5 Å². The lowest BCUT2D eigenvalue weighted by Gasteiger charge is -2.10. The number of amides is 1. The number of aromatic nitrogens is 4. The molecule has 9 nitrogen and oxygen atoms in total. The van der Waals surface area contributed by atoms with Crippen molar-refractivity contribution in [1.82, 2.24) is 19.5 Å². The summed E-state index contributed by atoms with van der Waals surface area (Å²) in [4.78, 5) is 36.8. The summed E-state index contributed by atoms with van der Waals surface area (Å²) >= 11 is 0. The molecule has 0 saturated carbocycles. The zero-order valence-corrected chi connectivity index (χ0v) is 16.6. The fourth-order valence-electron chi connectivity index (χ4n) is 2.65. The van der Waals surface area contributed by atoms with Gasteiger partial charge in [0, 0.05) is 41.4 Å². The highest BCUT2D eigenvalue weighted by atomic mass is 16.2. The predicted octanol–water partition coefficient (Wildman–Crippen LogP) is 2.46. The fourth-order valence-corrected chi connectivity index (χ4v) is 2.65. The van der Waals surface area contributed by atoms with Crippen molar-refractivity contribution in [2.24, 2.45) is 0 Å². The summed E-state index contributed by atoms with van der Waals surface area (Å²) in [5, 5.41) is 9.08. The molecule has 0 bridgehead atoms. The number of aryl methyl sites for hydroxylation is 2. The van der Waals surface area contributed by atoms with Gasteiger partial charge in [-0.3, -0.25) is 14.2 Å². The number of benzene rings is 1. The SMILES string of the molecule is CCNc1nc(C)cc(Nc2ccc(NC(=O)Cn3cnc(C)cc3=O)cc2)n1. The summed E-state index contributed by atoms with van der Waals surface area (Å²) in [5.41, 5.74) is 2.65. The minimum atomic E-state index is -0.305. The van der Waals surface area contributed by atoms with Gasteiger partial charge in [-0.25, -0.2) is 9.97 Å². The third-order valence-corrected chi connectivity index (χ3v) is 3.96. The highest BCUT2D eigenvalue weighted by Gasteiger charge is 2.07. The van der Waals surface area contributed by atoms with Crippen molar-refractivity contribution < 1.29 is 4.79 Å². The van der Waals surface area contributed by atoms with Crippen LogP contribution in [0, 0.1) is 13.8 Å². The van der Waals surface area contributed by atoms with Crippen LogP contribution in [0.25, 0.3) is 0 Å². The van der Waals surface area contributed by atoms with Gasteiger partial charge in [-0.05, 0) is 45.0 Å². The number of nitrogens with one attached hydrogen (secondary N) is 3. The maximum atomic E-state index is 12.2. The van der Waals surface area contributed by atoms with E-state index in [9.17, 15) is 9.59 Å². The summed E-state index contributed by atoms with van der Waals surface area (Å²) < 4.78 is 1.26. The van der Waals surface area contributed by atoms with E-state index in [1.54, 1.807) is 19.1 Å². The number of carbonyl (C=O) groups is 1. The van der Waals surface area contributed by atoms with Crippen molar-refractivity contribution in [3.63, 3.8) is 0 Å². The molecule has 0 aliphatic rings. The molecule has 1 aromatic carbocycles. The Morgan fingerprint density at radius 3 is 2.45 bits per heavy atom. The third kappa shape index (κ3) is 5.61. The molecule has 2 aromatic heterocycles. The zero-order valence-electron chi connectivity index (χ0n) is 16.6. The van der Waals surface area contributed by atoms with E-state index in [1.807, 2.05) is 32.0 Å². The van der Waals surface area contributed by atoms with Crippen molar-refractivity contribution in [1.29, 1.82) is 0 Å². The van der Waals surface area contributed by atoms with E-state index in [1.165, 1.54) is 17.0 Å². The fraction of sp³-hybridized carbons (Fsp3) is 0.250. The number of nitrogens with zero attached hydrogens (tertiary/aromatic N) is 4. The second-order valence-corrected chi connectivity index (χ2v) is 6.50. The van der Waals surface area contributed by atoms with E-state index in [2.05, 4.69) is 30.9 Å². The van der Waals surface area contributed by atoms with E-state index in [0.29, 0.717) is 23.1 Å². The van der Waals surface area contributed by atoms with Crippen molar-refractivity contribution >= 4 is 29.0 Å². The quantitative estimate of drug-likeness (QED) is 0.565. The average Bonchev–Trinajstić information content (AvgIpc) is 2.65. The van der Waals surface area contributed by atoms with Crippen molar-refractivity contribution in [2.45, 2.75) is 27.3 Å². The molecule has 3 aromatic rings. The summed E-state index contributed by atoms with van der Waals surface area (Å²) in [6.45, 7) is 6.26. The van der Waals surface area contributed by atoms with Crippen molar-refractivity contribution in [3.8, 4) is 0 Å². The normalized spacial score (nSPS) is 10.4. The van der Waals surface area contributed by atoms with Crippen LogP contribution in [0.1, 0.15) is 18.3 Å². The topological polar surface area (TPSA) is 114 Å². The molecule has 3 N–H and O–H groups in total. The summed E-state index contributed by atoms with van der Waals surface area (Å²) in [7, 11) is 0. The van der Waals surface area contributed by atoms with Crippen LogP contribution in [0.3, 0.4) is 0 Å².